The Morgan fingerprint density at radius 3 is 2.69 bits per heavy atom. The zero-order valence-electron chi connectivity index (χ0n) is 10.5. The van der Waals surface area contributed by atoms with Crippen LogP contribution in [0.3, 0.4) is 0 Å². The number of fused-ring (bicyclic) bond motifs is 1. The standard InChI is InChI=1S/C14H20N2/c1-5-15-11(4)13-8-12-7-9(2)6-10(3)14(12)16-13/h6-8,11,15-16H,5H2,1-4H3. The van der Waals surface area contributed by atoms with E-state index in [4.69, 9.17) is 0 Å². The van der Waals surface area contributed by atoms with E-state index in [0.29, 0.717) is 6.04 Å². The fourth-order valence-corrected chi connectivity index (χ4v) is 2.28. The van der Waals surface area contributed by atoms with E-state index in [1.165, 1.54) is 27.7 Å². The van der Waals surface area contributed by atoms with Crippen LogP contribution in [-0.4, -0.2) is 11.5 Å². The van der Waals surface area contributed by atoms with Crippen LogP contribution in [0.2, 0.25) is 0 Å². The molecule has 2 rings (SSSR count). The van der Waals surface area contributed by atoms with Crippen LogP contribution in [0.4, 0.5) is 0 Å². The maximum atomic E-state index is 3.51. The van der Waals surface area contributed by atoms with Crippen LogP contribution < -0.4 is 5.32 Å². The fourth-order valence-electron chi connectivity index (χ4n) is 2.28. The number of hydrogen-bond donors (Lipinski definition) is 2. The predicted octanol–water partition coefficient (Wildman–Crippen LogP) is 3.46. The van der Waals surface area contributed by atoms with Gasteiger partial charge in [-0.2, -0.15) is 0 Å². The van der Waals surface area contributed by atoms with Gasteiger partial charge in [0.2, 0.25) is 0 Å². The Morgan fingerprint density at radius 1 is 1.25 bits per heavy atom. The van der Waals surface area contributed by atoms with Crippen molar-refractivity contribution in [2.75, 3.05) is 6.54 Å². The highest BCUT2D eigenvalue weighted by Crippen LogP contribution is 2.23. The lowest BCUT2D eigenvalue weighted by Crippen LogP contribution is -2.17. The lowest BCUT2D eigenvalue weighted by Gasteiger charge is -2.09. The van der Waals surface area contributed by atoms with Crippen molar-refractivity contribution in [1.82, 2.24) is 10.3 Å². The summed E-state index contributed by atoms with van der Waals surface area (Å²) < 4.78 is 0. The number of hydrogen-bond acceptors (Lipinski definition) is 1. The number of benzene rings is 1. The van der Waals surface area contributed by atoms with Crippen LogP contribution in [0, 0.1) is 13.8 Å². The Bertz CT molecular complexity index is 497. The van der Waals surface area contributed by atoms with Gasteiger partial charge >= 0.3 is 0 Å². The first-order chi connectivity index (χ1) is 7.61. The molecule has 1 aromatic heterocycles. The molecule has 0 spiro atoms. The second kappa shape index (κ2) is 4.30. The maximum absolute atomic E-state index is 3.51. The van der Waals surface area contributed by atoms with Gasteiger partial charge in [-0.1, -0.05) is 18.6 Å². The molecule has 1 heterocycles. The number of aromatic nitrogens is 1. The molecule has 2 heteroatoms. The van der Waals surface area contributed by atoms with Crippen LogP contribution in [0.25, 0.3) is 10.9 Å². The third-order valence-electron chi connectivity index (χ3n) is 3.07. The lowest BCUT2D eigenvalue weighted by atomic mass is 10.1. The summed E-state index contributed by atoms with van der Waals surface area (Å²) >= 11 is 0. The molecular formula is C14H20N2. The van der Waals surface area contributed by atoms with Gasteiger partial charge in [0.1, 0.15) is 0 Å². The Kier molecular flexibility index (Phi) is 3.01. The fraction of sp³-hybridized carbons (Fsp3) is 0.429. The maximum Gasteiger partial charge on any atom is 0.0486 e. The zero-order chi connectivity index (χ0) is 11.7. The SMILES string of the molecule is CCNC(C)c1cc2cc(C)cc(C)c2[nH]1. The van der Waals surface area contributed by atoms with E-state index in [0.717, 1.165) is 6.54 Å². The summed E-state index contributed by atoms with van der Waals surface area (Å²) in [5.41, 5.74) is 5.19. The Labute approximate surface area is 97.1 Å². The average Bonchev–Trinajstić information content (AvgIpc) is 2.62. The highest BCUT2D eigenvalue weighted by Gasteiger charge is 2.09. The molecule has 1 atom stereocenters. The Hall–Kier alpha value is -1.28. The van der Waals surface area contributed by atoms with Gasteiger partial charge in [-0.3, -0.25) is 0 Å². The van der Waals surface area contributed by atoms with E-state index in [1.807, 2.05) is 0 Å². The van der Waals surface area contributed by atoms with Gasteiger partial charge in [-0.05, 0) is 45.0 Å². The van der Waals surface area contributed by atoms with Gasteiger partial charge in [0.05, 0.1) is 0 Å². The minimum Gasteiger partial charge on any atom is -0.357 e. The first-order valence-corrected chi connectivity index (χ1v) is 5.95. The van der Waals surface area contributed by atoms with E-state index in [-0.39, 0.29) is 0 Å². The molecule has 0 fully saturated rings. The monoisotopic (exact) mass is 216 g/mol. The minimum absolute atomic E-state index is 0.386. The third kappa shape index (κ3) is 1.98. The molecule has 16 heavy (non-hydrogen) atoms. The van der Waals surface area contributed by atoms with Crippen LogP contribution in [0.1, 0.15) is 36.7 Å². The summed E-state index contributed by atoms with van der Waals surface area (Å²) in [5.74, 6) is 0. The van der Waals surface area contributed by atoms with E-state index < -0.39 is 0 Å². The van der Waals surface area contributed by atoms with Crippen molar-refractivity contribution >= 4 is 10.9 Å². The van der Waals surface area contributed by atoms with Gasteiger partial charge in [0.25, 0.3) is 0 Å². The lowest BCUT2D eigenvalue weighted by molar-refractivity contribution is 0.587. The van der Waals surface area contributed by atoms with E-state index in [1.54, 1.807) is 0 Å². The summed E-state index contributed by atoms with van der Waals surface area (Å²) in [7, 11) is 0. The molecule has 0 radical (unpaired) electrons. The summed E-state index contributed by atoms with van der Waals surface area (Å²) in [5, 5.41) is 4.74. The molecule has 86 valence electrons. The van der Waals surface area contributed by atoms with Crippen LogP contribution in [-0.2, 0) is 0 Å². The second-order valence-corrected chi connectivity index (χ2v) is 4.55. The molecule has 1 unspecified atom stereocenters. The van der Waals surface area contributed by atoms with Crippen molar-refractivity contribution in [2.24, 2.45) is 0 Å². The smallest absolute Gasteiger partial charge is 0.0486 e. The highest BCUT2D eigenvalue weighted by atomic mass is 14.9. The van der Waals surface area contributed by atoms with Crippen molar-refractivity contribution in [1.29, 1.82) is 0 Å². The summed E-state index contributed by atoms with van der Waals surface area (Å²) in [6.07, 6.45) is 0. The van der Waals surface area contributed by atoms with Crippen LogP contribution in [0.15, 0.2) is 18.2 Å². The molecule has 0 aliphatic rings. The second-order valence-electron chi connectivity index (χ2n) is 4.55. The van der Waals surface area contributed by atoms with Gasteiger partial charge in [-0.25, -0.2) is 0 Å². The largest absolute Gasteiger partial charge is 0.357 e. The zero-order valence-corrected chi connectivity index (χ0v) is 10.5. The van der Waals surface area contributed by atoms with Crippen molar-refractivity contribution in [3.05, 3.63) is 35.0 Å². The first-order valence-electron chi connectivity index (χ1n) is 5.95. The average molecular weight is 216 g/mol. The van der Waals surface area contributed by atoms with Gasteiger partial charge in [0.15, 0.2) is 0 Å². The number of aryl methyl sites for hydroxylation is 2. The number of nitrogens with one attached hydrogen (secondary N) is 2. The van der Waals surface area contributed by atoms with E-state index in [2.05, 4.69) is 56.2 Å². The molecule has 0 aliphatic heterocycles. The van der Waals surface area contributed by atoms with E-state index in [9.17, 15) is 0 Å². The van der Waals surface area contributed by atoms with Crippen molar-refractivity contribution < 1.29 is 0 Å². The molecule has 2 aromatic rings. The van der Waals surface area contributed by atoms with Gasteiger partial charge in [0, 0.05) is 22.6 Å². The number of H-pyrrole nitrogens is 1. The molecule has 2 N–H and O–H groups in total. The van der Waals surface area contributed by atoms with Crippen molar-refractivity contribution in [3.63, 3.8) is 0 Å². The van der Waals surface area contributed by atoms with Crippen LogP contribution in [0.5, 0.6) is 0 Å². The van der Waals surface area contributed by atoms with Crippen LogP contribution >= 0.6 is 0 Å². The molecule has 0 saturated carbocycles. The molecule has 0 aliphatic carbocycles. The minimum atomic E-state index is 0.386. The topological polar surface area (TPSA) is 27.8 Å². The summed E-state index contributed by atoms with van der Waals surface area (Å²) in [4.78, 5) is 3.51. The molecular weight excluding hydrogens is 196 g/mol. The quantitative estimate of drug-likeness (QED) is 0.808. The predicted molar refractivity (Wildman–Crippen MR) is 69.9 cm³/mol. The Balaban J connectivity index is 2.47. The molecule has 1 aromatic carbocycles. The third-order valence-corrected chi connectivity index (χ3v) is 3.07. The highest BCUT2D eigenvalue weighted by molar-refractivity contribution is 5.84. The Morgan fingerprint density at radius 2 is 2.00 bits per heavy atom. The van der Waals surface area contributed by atoms with Gasteiger partial charge < -0.3 is 10.3 Å². The van der Waals surface area contributed by atoms with Crippen molar-refractivity contribution in [3.8, 4) is 0 Å². The van der Waals surface area contributed by atoms with Crippen molar-refractivity contribution in [2.45, 2.75) is 33.7 Å². The summed E-state index contributed by atoms with van der Waals surface area (Å²) in [6.45, 7) is 9.62. The molecule has 0 saturated heterocycles. The van der Waals surface area contributed by atoms with E-state index >= 15 is 0 Å². The number of rotatable bonds is 3. The van der Waals surface area contributed by atoms with Gasteiger partial charge in [-0.15, -0.1) is 0 Å². The molecule has 0 amide bonds. The molecule has 2 nitrogen and oxygen atoms in total. The normalized spacial score (nSPS) is 13.2. The number of aromatic amines is 1. The summed E-state index contributed by atoms with van der Waals surface area (Å²) in [6, 6.07) is 7.10. The molecule has 0 bridgehead atoms. The first kappa shape index (κ1) is 11.2.